The number of hydrogen-bond donors (Lipinski definition) is 2. The molecule has 1 rings (SSSR count). The number of anilines is 1. The highest BCUT2D eigenvalue weighted by Crippen LogP contribution is 2.22. The summed E-state index contributed by atoms with van der Waals surface area (Å²) < 4.78 is 0.866. The minimum Gasteiger partial charge on any atom is -0.396 e. The summed E-state index contributed by atoms with van der Waals surface area (Å²) in [6.07, 6.45) is 3.36. The highest BCUT2D eigenvalue weighted by atomic mass is 79.9. The second-order valence-electron chi connectivity index (χ2n) is 2.18. The molecule has 0 aliphatic carbocycles. The predicted octanol–water partition coefficient (Wildman–Crippen LogP) is 1.43. The number of hydrogen-bond acceptors (Lipinski definition) is 4. The average molecular weight is 264 g/mol. The third-order valence-electron chi connectivity index (χ3n) is 1.17. The van der Waals surface area contributed by atoms with E-state index in [-0.39, 0.29) is 12.5 Å². The maximum absolute atomic E-state index is 11.1. The van der Waals surface area contributed by atoms with Crippen molar-refractivity contribution in [1.29, 1.82) is 0 Å². The van der Waals surface area contributed by atoms with Crippen molar-refractivity contribution in [3.05, 3.63) is 16.4 Å². The zero-order valence-electron chi connectivity index (χ0n) is 6.66. The van der Waals surface area contributed by atoms with Crippen LogP contribution in [0.5, 0.6) is 0 Å². The van der Waals surface area contributed by atoms with E-state index >= 15 is 0 Å². The number of rotatable bonds is 4. The van der Waals surface area contributed by atoms with Gasteiger partial charge in [-0.05, 0) is 22.4 Å². The van der Waals surface area contributed by atoms with E-state index in [0.29, 0.717) is 11.6 Å². The zero-order chi connectivity index (χ0) is 9.68. The zero-order valence-corrected chi connectivity index (χ0v) is 9.06. The lowest BCUT2D eigenvalue weighted by molar-refractivity contribution is -0.113. The second-order valence-corrected chi connectivity index (χ2v) is 4.59. The molecule has 1 aromatic rings. The van der Waals surface area contributed by atoms with E-state index in [9.17, 15) is 4.79 Å². The number of halogens is 1. The Bertz CT molecular complexity index is 290. The van der Waals surface area contributed by atoms with Crippen molar-refractivity contribution < 1.29 is 9.90 Å². The lowest BCUT2D eigenvalue weighted by atomic mass is 10.3. The van der Waals surface area contributed by atoms with Crippen molar-refractivity contribution in [3.63, 3.8) is 0 Å². The van der Waals surface area contributed by atoms with E-state index in [0.717, 1.165) is 3.79 Å². The van der Waals surface area contributed by atoms with Crippen LogP contribution in [-0.2, 0) is 4.79 Å². The van der Waals surface area contributed by atoms with Gasteiger partial charge in [-0.15, -0.1) is 0 Å². The molecule has 4 nitrogen and oxygen atoms in total. The highest BCUT2D eigenvalue weighted by molar-refractivity contribution is 9.11. The number of aromatic nitrogens is 1. The molecule has 0 bridgehead atoms. The van der Waals surface area contributed by atoms with Crippen LogP contribution in [-0.4, -0.2) is 22.6 Å². The third-order valence-corrected chi connectivity index (χ3v) is 2.56. The maximum atomic E-state index is 11.1. The van der Waals surface area contributed by atoms with E-state index < -0.39 is 0 Å². The van der Waals surface area contributed by atoms with Gasteiger partial charge >= 0.3 is 0 Å². The molecular weight excluding hydrogens is 256 g/mol. The summed E-state index contributed by atoms with van der Waals surface area (Å²) >= 11 is 4.57. The van der Waals surface area contributed by atoms with Crippen LogP contribution in [0.1, 0.15) is 6.42 Å². The van der Waals surface area contributed by atoms with Crippen LogP contribution in [0.4, 0.5) is 5.13 Å². The molecule has 1 aromatic heterocycles. The Kier molecular flexibility index (Phi) is 4.34. The Morgan fingerprint density at radius 3 is 3.15 bits per heavy atom. The minimum absolute atomic E-state index is 0.0189. The minimum atomic E-state index is -0.240. The van der Waals surface area contributed by atoms with Gasteiger partial charge in [0.25, 0.3) is 0 Å². The molecule has 13 heavy (non-hydrogen) atoms. The van der Waals surface area contributed by atoms with E-state index in [2.05, 4.69) is 26.2 Å². The van der Waals surface area contributed by atoms with E-state index in [1.807, 2.05) is 0 Å². The van der Waals surface area contributed by atoms with Crippen LogP contribution in [0, 0.1) is 6.42 Å². The summed E-state index contributed by atoms with van der Waals surface area (Å²) in [5.74, 6) is -0.240. The third kappa shape index (κ3) is 3.84. The fourth-order valence-corrected chi connectivity index (χ4v) is 1.77. The van der Waals surface area contributed by atoms with Crippen LogP contribution in [0.3, 0.4) is 0 Å². The van der Waals surface area contributed by atoms with E-state index in [1.165, 1.54) is 17.8 Å². The fraction of sp³-hybridized carbons (Fsp3) is 0.286. The molecule has 0 saturated carbocycles. The summed E-state index contributed by atoms with van der Waals surface area (Å²) in [6, 6.07) is 0. The van der Waals surface area contributed by atoms with Crippen LogP contribution in [0.25, 0.3) is 0 Å². The van der Waals surface area contributed by atoms with Crippen molar-refractivity contribution in [2.24, 2.45) is 0 Å². The lowest BCUT2D eigenvalue weighted by Gasteiger charge is -1.98. The van der Waals surface area contributed by atoms with Crippen molar-refractivity contribution in [2.45, 2.75) is 6.42 Å². The number of aliphatic hydroxyl groups excluding tert-OH is 1. The molecule has 0 aliphatic heterocycles. The first kappa shape index (κ1) is 10.6. The van der Waals surface area contributed by atoms with Crippen molar-refractivity contribution >= 4 is 38.3 Å². The number of amides is 1. The Morgan fingerprint density at radius 1 is 1.85 bits per heavy atom. The Balaban J connectivity index is 2.36. The summed E-state index contributed by atoms with van der Waals surface area (Å²) in [6.45, 7) is -0.0189. The molecule has 0 aliphatic rings. The second kappa shape index (κ2) is 5.31. The Hall–Kier alpha value is -0.460. The van der Waals surface area contributed by atoms with Crippen LogP contribution in [0.2, 0.25) is 0 Å². The van der Waals surface area contributed by atoms with Gasteiger partial charge in [0.1, 0.15) is 0 Å². The molecule has 0 atom stereocenters. The topological polar surface area (TPSA) is 62.2 Å². The largest absolute Gasteiger partial charge is 0.396 e. The molecule has 6 heteroatoms. The quantitative estimate of drug-likeness (QED) is 0.864. The van der Waals surface area contributed by atoms with Crippen LogP contribution >= 0.6 is 27.3 Å². The SMILES string of the molecule is O=C([CH]CCO)Nc1ncc(Br)s1. The van der Waals surface area contributed by atoms with Crippen molar-refractivity contribution in [2.75, 3.05) is 11.9 Å². The molecule has 1 heterocycles. The number of nitrogens with one attached hydrogen (secondary N) is 1. The van der Waals surface area contributed by atoms with Crippen molar-refractivity contribution in [1.82, 2.24) is 4.98 Å². The first-order valence-corrected chi connectivity index (χ1v) is 5.19. The summed E-state index contributed by atoms with van der Waals surface area (Å²) in [4.78, 5) is 15.0. The molecule has 1 radical (unpaired) electrons. The lowest BCUT2D eigenvalue weighted by Crippen LogP contribution is -2.12. The number of nitrogens with zero attached hydrogens (tertiary/aromatic N) is 1. The number of carbonyl (C=O) groups excluding carboxylic acids is 1. The molecule has 71 valence electrons. The Morgan fingerprint density at radius 2 is 2.62 bits per heavy atom. The standard InChI is InChI=1S/C7H8BrN2O2S/c8-5-4-9-7(13-5)10-6(12)2-1-3-11/h2,4,11H,1,3H2,(H,9,10,12). The molecule has 2 N–H and O–H groups in total. The first-order valence-electron chi connectivity index (χ1n) is 3.58. The van der Waals surface area contributed by atoms with Crippen molar-refractivity contribution in [3.8, 4) is 0 Å². The average Bonchev–Trinajstić information content (AvgIpc) is 2.48. The Labute approximate surface area is 88.1 Å². The smallest absolute Gasteiger partial charge is 0.230 e. The monoisotopic (exact) mass is 263 g/mol. The van der Waals surface area contributed by atoms with Gasteiger partial charge in [0.05, 0.1) is 16.4 Å². The fourth-order valence-electron chi connectivity index (χ4n) is 0.664. The number of carbonyl (C=O) groups is 1. The van der Waals surface area contributed by atoms with Gasteiger partial charge in [0.15, 0.2) is 5.13 Å². The van der Waals surface area contributed by atoms with Gasteiger partial charge in [-0.3, -0.25) is 4.79 Å². The van der Waals surface area contributed by atoms with Gasteiger partial charge in [-0.1, -0.05) is 11.3 Å². The molecular formula is C7H8BrN2O2S. The summed E-state index contributed by atoms with van der Waals surface area (Å²) in [5, 5.41) is 11.6. The number of thiazole rings is 1. The van der Waals surface area contributed by atoms with E-state index in [1.54, 1.807) is 6.20 Å². The molecule has 0 aromatic carbocycles. The van der Waals surface area contributed by atoms with Crippen LogP contribution in [0.15, 0.2) is 9.98 Å². The summed E-state index contributed by atoms with van der Waals surface area (Å²) in [7, 11) is 0. The molecule has 1 amide bonds. The normalized spacial score (nSPS) is 10.0. The first-order chi connectivity index (χ1) is 6.22. The number of aliphatic hydroxyl groups is 1. The predicted molar refractivity (Wildman–Crippen MR) is 54.4 cm³/mol. The molecule has 0 unspecified atom stereocenters. The summed E-state index contributed by atoms with van der Waals surface area (Å²) in [5.41, 5.74) is 0. The maximum Gasteiger partial charge on any atom is 0.230 e. The van der Waals surface area contributed by atoms with Gasteiger partial charge in [-0.2, -0.15) is 0 Å². The van der Waals surface area contributed by atoms with Gasteiger partial charge < -0.3 is 10.4 Å². The van der Waals surface area contributed by atoms with Gasteiger partial charge in [0, 0.05) is 6.61 Å². The molecule has 0 fully saturated rings. The highest BCUT2D eigenvalue weighted by Gasteiger charge is 2.04. The van der Waals surface area contributed by atoms with Gasteiger partial charge in [-0.25, -0.2) is 4.98 Å². The molecule has 0 saturated heterocycles. The molecule has 0 spiro atoms. The van der Waals surface area contributed by atoms with Crippen LogP contribution < -0.4 is 5.32 Å². The van der Waals surface area contributed by atoms with E-state index in [4.69, 9.17) is 5.11 Å². The van der Waals surface area contributed by atoms with Gasteiger partial charge in [0.2, 0.25) is 5.91 Å².